The quantitative estimate of drug-likeness (QED) is 0.00856. The number of hydrogen-bond acceptors (Lipinski definition) is 35. The van der Waals surface area contributed by atoms with Crippen LogP contribution in [0.25, 0.3) is 0 Å². The standard InChI is InChI=1S/C25H33N3O4.C23H34N2O5.C22H30N2O4S.C21H30N2O5.C20H28N2O4S/c1-25(27(2)3,18-20-8-6-5-7-9-20)24(26-32-19-23(29)30-4)21-10-12-22(13-11-21)28-14-16-31-17-15-28;1-27-19-9-7-18(8-10-19)22(24-30-17-21(26)29-3)23(13-5-4-6-14-23)25-15-11-20(28-2)12-16-25;1-5-11-22(3,24-12-15-26-16-13-24)21(18-7-9-19(29-4)10-8-18)23-28-17-20(25)27-14-6-2;1-25-18-8-6-17(7-9-18)20(22-28-16-19(24)26-2)21(10-4-3-5-11-21)23-12-14-27-15-13-23;1-15(23)13-25-18(24)14-26-21-19(16-7-9-17(27-4)10-8-16)20(2,3)22-11-5-6-12-22/h5-13H,14-19H2,1-4H3;7-10,20H,4-6,11-17H2,1-3H3;5-10H,1-2,11-17H2,3-4H3;6-9H,3-5,10-16H2,1-2H3;7-10H,5-6,11-14H2,1-4H3. The molecule has 5 heterocycles. The van der Waals surface area contributed by atoms with E-state index in [9.17, 15) is 28.8 Å². The summed E-state index contributed by atoms with van der Waals surface area (Å²) < 4.78 is 56.6. The van der Waals surface area contributed by atoms with Crippen molar-refractivity contribution >= 4 is 93.4 Å². The van der Waals surface area contributed by atoms with Crippen molar-refractivity contribution in [2.75, 3.05) is 226 Å². The van der Waals surface area contributed by atoms with Crippen LogP contribution in [0.3, 0.4) is 0 Å². The number of oxime groups is 5. The topological polar surface area (TPSA) is 331 Å². The summed E-state index contributed by atoms with van der Waals surface area (Å²) in [6, 6.07) is 50.8. The Morgan fingerprint density at radius 2 is 0.829 bits per heavy atom. The number of rotatable bonds is 44. The van der Waals surface area contributed by atoms with Gasteiger partial charge in [0.1, 0.15) is 53.3 Å². The van der Waals surface area contributed by atoms with E-state index in [2.05, 4.69) is 161 Å². The summed E-state index contributed by atoms with van der Waals surface area (Å²) in [6.07, 6.45) is 24.7. The number of nitrogens with zero attached hydrogens (tertiary/aromatic N) is 11. The van der Waals surface area contributed by atoms with Crippen LogP contribution in [-0.2, 0) is 102 Å². The number of hydrogen-bond donors (Lipinski definition) is 0. The molecular weight excluding hydrogens is 1900 g/mol. The number of likely N-dealkylation sites (N-methyl/N-ethyl adjacent to an activating group) is 1. The number of methoxy groups -OCH3 is 6. The van der Waals surface area contributed by atoms with E-state index in [-0.39, 0.29) is 68.6 Å². The molecular formula is C111H155N11O22S2. The number of morpholine rings is 3. The molecule has 0 bridgehead atoms. The summed E-state index contributed by atoms with van der Waals surface area (Å²) in [5.74, 6) is -1.06. The van der Waals surface area contributed by atoms with Crippen LogP contribution < -0.4 is 14.4 Å². The van der Waals surface area contributed by atoms with Gasteiger partial charge in [-0.2, -0.15) is 0 Å². The Balaban J connectivity index is 0.000000203. The number of likely N-dealkylation sites (tertiary alicyclic amines) is 2. The fourth-order valence-electron chi connectivity index (χ4n) is 19.0. The largest absolute Gasteiger partial charge is 0.497 e. The average Bonchev–Trinajstić information content (AvgIpc) is 0.824. The SMILES string of the molecule is C=CCOC(=O)CON=C(c1ccc(SC)cc1)C(C)(CC=C)N1CCOCC1.COC(=O)CON=C(c1ccc(N2CCOCC2)cc1)C(C)(Cc1ccccc1)N(C)C.COC(=O)CON=C(c1ccc(OC)cc1)C1(N2CCC(OC)CC2)CCCCC1.COC(=O)CON=C(c1ccc(OC)cc1)C1(N2CCOCC2)CCCCC1.CSc1ccc(C(=NOCC(=O)OCC(C)=O)C(C)(C)N2CCCC2)cc1. The number of piperidine rings is 1. The van der Waals surface area contributed by atoms with E-state index in [1.807, 2.05) is 124 Å². The maximum Gasteiger partial charge on any atom is 0.347 e. The number of carbonyl (C=O) groups excluding carboxylic acids is 6. The zero-order valence-corrected chi connectivity index (χ0v) is 90.0. The first-order valence-corrected chi connectivity index (χ1v) is 52.8. The molecule has 35 heteroatoms. The second-order valence-electron chi connectivity index (χ2n) is 37.3. The van der Waals surface area contributed by atoms with E-state index >= 15 is 0 Å². The Bertz CT molecular complexity index is 5130. The van der Waals surface area contributed by atoms with E-state index in [1.165, 1.54) is 75.4 Å². The van der Waals surface area contributed by atoms with Gasteiger partial charge in [-0.25, -0.2) is 24.0 Å². The number of ketones is 1. The summed E-state index contributed by atoms with van der Waals surface area (Å²) in [7, 11) is 13.2. The number of ether oxygens (including phenoxy) is 11. The number of esters is 5. The fourth-order valence-corrected chi connectivity index (χ4v) is 19.8. The Labute approximate surface area is 872 Å². The molecule has 7 fully saturated rings. The molecule has 0 N–H and O–H groups in total. The van der Waals surface area contributed by atoms with Crippen molar-refractivity contribution in [3.63, 3.8) is 0 Å². The van der Waals surface area contributed by atoms with Gasteiger partial charge in [0.15, 0.2) is 5.78 Å². The maximum atomic E-state index is 11.8. The number of carbonyl (C=O) groups is 6. The van der Waals surface area contributed by atoms with Gasteiger partial charge in [-0.15, -0.1) is 30.1 Å². The number of Topliss-reactive ketones (excluding diaryl/α,β-unsaturated/α-hetero) is 1. The fraction of sp³-hybridized carbons (Fsp3) is 0.541. The lowest BCUT2D eigenvalue weighted by atomic mass is 9.74. The van der Waals surface area contributed by atoms with Gasteiger partial charge in [-0.3, -0.25) is 29.3 Å². The molecule has 798 valence electrons. The van der Waals surface area contributed by atoms with Gasteiger partial charge in [0, 0.05) is 103 Å². The summed E-state index contributed by atoms with van der Waals surface area (Å²) in [5, 5.41) is 22.2. The number of thioether (sulfide) groups is 2. The average molecular weight is 2060 g/mol. The minimum atomic E-state index is -0.606. The van der Waals surface area contributed by atoms with Crippen LogP contribution in [0.5, 0.6) is 11.5 Å². The van der Waals surface area contributed by atoms with E-state index in [0.29, 0.717) is 25.7 Å². The molecule has 6 aromatic carbocycles. The molecule has 2 aliphatic carbocycles. The summed E-state index contributed by atoms with van der Waals surface area (Å²) >= 11 is 3.36. The third kappa shape index (κ3) is 35.3. The molecule has 0 aromatic heterocycles. The minimum absolute atomic E-state index is 0.150. The zero-order chi connectivity index (χ0) is 105. The van der Waals surface area contributed by atoms with Crippen LogP contribution in [0.4, 0.5) is 5.69 Å². The van der Waals surface area contributed by atoms with Crippen molar-refractivity contribution in [1.29, 1.82) is 0 Å². The van der Waals surface area contributed by atoms with Gasteiger partial charge < -0.3 is 81.2 Å². The maximum absolute atomic E-state index is 11.8. The van der Waals surface area contributed by atoms with Gasteiger partial charge in [-0.1, -0.05) is 150 Å². The molecule has 2 saturated carbocycles. The highest BCUT2D eigenvalue weighted by atomic mass is 32.2. The molecule has 0 amide bonds. The molecule has 0 radical (unpaired) electrons. The smallest absolute Gasteiger partial charge is 0.347 e. The lowest BCUT2D eigenvalue weighted by molar-refractivity contribution is -0.152. The summed E-state index contributed by atoms with van der Waals surface area (Å²) in [5.41, 5.74) is 9.55. The second kappa shape index (κ2) is 62.3. The van der Waals surface area contributed by atoms with Crippen molar-refractivity contribution in [1.82, 2.24) is 24.5 Å². The highest BCUT2D eigenvalue weighted by molar-refractivity contribution is 7.98. The molecule has 6 aromatic rings. The van der Waals surface area contributed by atoms with Crippen molar-refractivity contribution in [2.45, 2.75) is 181 Å². The van der Waals surface area contributed by atoms with E-state index in [1.54, 1.807) is 44.9 Å². The van der Waals surface area contributed by atoms with Crippen molar-refractivity contribution < 1.29 is 105 Å². The molecule has 146 heavy (non-hydrogen) atoms. The predicted molar refractivity (Wildman–Crippen MR) is 572 cm³/mol. The number of anilines is 1. The van der Waals surface area contributed by atoms with Crippen LogP contribution in [0.1, 0.15) is 164 Å². The molecule has 7 aliphatic rings. The van der Waals surface area contributed by atoms with Crippen LogP contribution in [-0.4, -0.2) is 343 Å². The molecule has 5 aliphatic heterocycles. The molecule has 33 nitrogen and oxygen atoms in total. The highest BCUT2D eigenvalue weighted by Gasteiger charge is 2.48. The third-order valence-electron chi connectivity index (χ3n) is 27.5. The first kappa shape index (κ1) is 118. The normalized spacial score (nSPS) is 18.1. The lowest BCUT2D eigenvalue weighted by Crippen LogP contribution is -2.59. The Kier molecular flexibility index (Phi) is 50.5. The zero-order valence-electron chi connectivity index (χ0n) is 88.4. The first-order valence-electron chi connectivity index (χ1n) is 50.3. The summed E-state index contributed by atoms with van der Waals surface area (Å²) in [6.45, 7) is 29.3. The lowest BCUT2D eigenvalue weighted by Gasteiger charge is -2.49. The Hall–Kier alpha value is -11.1. The van der Waals surface area contributed by atoms with Crippen molar-refractivity contribution in [3.8, 4) is 11.5 Å². The highest BCUT2D eigenvalue weighted by Crippen LogP contribution is 2.42. The molecule has 0 spiro atoms. The third-order valence-corrected chi connectivity index (χ3v) is 29.0. The van der Waals surface area contributed by atoms with Crippen LogP contribution >= 0.6 is 23.5 Å². The van der Waals surface area contributed by atoms with Crippen LogP contribution in [0, 0.1) is 0 Å². The van der Waals surface area contributed by atoms with Crippen LogP contribution in [0.2, 0.25) is 0 Å². The van der Waals surface area contributed by atoms with Crippen molar-refractivity contribution in [3.05, 3.63) is 210 Å². The van der Waals surface area contributed by atoms with Gasteiger partial charge in [0.2, 0.25) is 33.0 Å². The van der Waals surface area contributed by atoms with Gasteiger partial charge in [0.05, 0.1) is 109 Å². The number of benzene rings is 6. The van der Waals surface area contributed by atoms with E-state index < -0.39 is 40.9 Å². The monoisotopic (exact) mass is 2060 g/mol. The molecule has 2 unspecified atom stereocenters. The van der Waals surface area contributed by atoms with Crippen molar-refractivity contribution in [2.24, 2.45) is 25.8 Å². The first-order chi connectivity index (χ1) is 70.6. The predicted octanol–water partition coefficient (Wildman–Crippen LogP) is 15.7. The van der Waals surface area contributed by atoms with E-state index in [4.69, 9.17) is 71.6 Å². The van der Waals surface area contributed by atoms with Gasteiger partial charge in [0.25, 0.3) is 0 Å². The van der Waals surface area contributed by atoms with Gasteiger partial charge >= 0.3 is 29.8 Å². The Morgan fingerprint density at radius 3 is 1.25 bits per heavy atom. The summed E-state index contributed by atoms with van der Waals surface area (Å²) in [4.78, 5) is 113. The minimum Gasteiger partial charge on any atom is -0.497 e. The second-order valence-corrected chi connectivity index (χ2v) is 39.1. The molecule has 13 rings (SSSR count). The molecule has 5 saturated heterocycles. The van der Waals surface area contributed by atoms with E-state index in [0.717, 1.165) is 236 Å². The molecule has 2 atom stereocenters. The Morgan fingerprint density at radius 1 is 0.432 bits per heavy atom. The van der Waals surface area contributed by atoms with Gasteiger partial charge in [-0.05, 0) is 229 Å². The van der Waals surface area contributed by atoms with Crippen LogP contribution in [0.15, 0.2) is 213 Å².